The van der Waals surface area contributed by atoms with Crippen LogP contribution in [0.25, 0.3) is 0 Å². The number of nitrogens with two attached hydrogens (primary N) is 1. The molecule has 2 aromatic rings. The summed E-state index contributed by atoms with van der Waals surface area (Å²) >= 11 is 6.02. The Bertz CT molecular complexity index is 827. The van der Waals surface area contributed by atoms with Crippen LogP contribution in [-0.2, 0) is 21.4 Å². The van der Waals surface area contributed by atoms with Gasteiger partial charge in [0.15, 0.2) is 0 Å². The van der Waals surface area contributed by atoms with Crippen LogP contribution in [0.4, 0.5) is 4.39 Å². The Morgan fingerprint density at radius 2 is 1.74 bits per heavy atom. The van der Waals surface area contributed by atoms with Gasteiger partial charge in [-0.25, -0.2) is 12.8 Å². The van der Waals surface area contributed by atoms with Crippen molar-refractivity contribution in [2.24, 2.45) is 5.73 Å². The van der Waals surface area contributed by atoms with Crippen molar-refractivity contribution in [3.05, 3.63) is 64.9 Å². The molecule has 2 aromatic carbocycles. The summed E-state index contributed by atoms with van der Waals surface area (Å²) in [4.78, 5) is 10.7. The highest BCUT2D eigenvalue weighted by atomic mass is 35.5. The number of carbonyl (C=O) groups excluding carboxylic acids is 1. The number of rotatable bonds is 6. The highest BCUT2D eigenvalue weighted by molar-refractivity contribution is 7.89. The van der Waals surface area contributed by atoms with E-state index in [1.165, 1.54) is 12.1 Å². The Kier molecular flexibility index (Phi) is 5.35. The van der Waals surface area contributed by atoms with Crippen molar-refractivity contribution in [2.75, 3.05) is 6.54 Å². The molecule has 0 aliphatic carbocycles. The fourth-order valence-corrected chi connectivity index (χ4v) is 3.65. The van der Waals surface area contributed by atoms with Gasteiger partial charge < -0.3 is 5.73 Å². The molecule has 0 spiro atoms. The van der Waals surface area contributed by atoms with Gasteiger partial charge in [0, 0.05) is 11.6 Å². The Hall–Kier alpha value is -1.96. The number of benzene rings is 2. The first-order valence-corrected chi connectivity index (χ1v) is 8.40. The van der Waals surface area contributed by atoms with Gasteiger partial charge >= 0.3 is 0 Å². The SMILES string of the molecule is NC(=O)CN(Cc1ccccc1Cl)S(=O)(=O)c1ccccc1F. The molecule has 0 aromatic heterocycles. The van der Waals surface area contributed by atoms with E-state index in [2.05, 4.69) is 0 Å². The third-order valence-electron chi connectivity index (χ3n) is 3.09. The predicted octanol–water partition coefficient (Wildman–Crippen LogP) is 2.16. The molecule has 0 heterocycles. The number of hydrogen-bond acceptors (Lipinski definition) is 3. The number of primary amides is 1. The number of hydrogen-bond donors (Lipinski definition) is 1. The lowest BCUT2D eigenvalue weighted by Crippen LogP contribution is -2.38. The predicted molar refractivity (Wildman–Crippen MR) is 84.6 cm³/mol. The second-order valence-corrected chi connectivity index (χ2v) is 7.07. The average Bonchev–Trinajstić information content (AvgIpc) is 2.48. The molecule has 0 saturated heterocycles. The number of carbonyl (C=O) groups is 1. The lowest BCUT2D eigenvalue weighted by molar-refractivity contribution is -0.118. The van der Waals surface area contributed by atoms with Crippen LogP contribution in [0.5, 0.6) is 0 Å². The van der Waals surface area contributed by atoms with Crippen LogP contribution in [-0.4, -0.2) is 25.2 Å². The molecule has 0 aliphatic heterocycles. The number of nitrogens with zero attached hydrogens (tertiary/aromatic N) is 1. The summed E-state index contributed by atoms with van der Waals surface area (Å²) in [6.07, 6.45) is 0. The molecule has 122 valence electrons. The van der Waals surface area contributed by atoms with Gasteiger partial charge in [0.2, 0.25) is 15.9 Å². The minimum atomic E-state index is -4.24. The standard InChI is InChI=1S/C15H14ClFN2O3S/c16-12-6-2-1-5-11(12)9-19(10-15(18)20)23(21,22)14-8-4-3-7-13(14)17/h1-8H,9-10H2,(H2,18,20). The third-order valence-corrected chi connectivity index (χ3v) is 5.28. The maximum Gasteiger partial charge on any atom is 0.246 e. The molecule has 2 rings (SSSR count). The first kappa shape index (κ1) is 17.4. The molecule has 5 nitrogen and oxygen atoms in total. The van der Waals surface area contributed by atoms with Crippen molar-refractivity contribution in [3.8, 4) is 0 Å². The topological polar surface area (TPSA) is 80.5 Å². The lowest BCUT2D eigenvalue weighted by Gasteiger charge is -2.21. The van der Waals surface area contributed by atoms with Crippen molar-refractivity contribution in [2.45, 2.75) is 11.4 Å². The second-order valence-electron chi connectivity index (χ2n) is 4.76. The van der Waals surface area contributed by atoms with Gasteiger partial charge in [-0.2, -0.15) is 4.31 Å². The fraction of sp³-hybridized carbons (Fsp3) is 0.133. The number of amides is 1. The van der Waals surface area contributed by atoms with Gasteiger partial charge in [0.1, 0.15) is 10.7 Å². The highest BCUT2D eigenvalue weighted by Crippen LogP contribution is 2.23. The van der Waals surface area contributed by atoms with E-state index in [0.29, 0.717) is 10.6 Å². The van der Waals surface area contributed by atoms with Gasteiger partial charge in [-0.05, 0) is 23.8 Å². The minimum absolute atomic E-state index is 0.195. The van der Waals surface area contributed by atoms with Crippen molar-refractivity contribution in [3.63, 3.8) is 0 Å². The Morgan fingerprint density at radius 1 is 1.13 bits per heavy atom. The first-order chi connectivity index (χ1) is 10.8. The van der Waals surface area contributed by atoms with Crippen molar-refractivity contribution in [1.29, 1.82) is 0 Å². The van der Waals surface area contributed by atoms with Gasteiger partial charge in [0.05, 0.1) is 6.54 Å². The van der Waals surface area contributed by atoms with E-state index < -0.39 is 33.2 Å². The quantitative estimate of drug-likeness (QED) is 0.861. The summed E-state index contributed by atoms with van der Waals surface area (Å²) in [7, 11) is -4.24. The van der Waals surface area contributed by atoms with Crippen LogP contribution >= 0.6 is 11.6 Å². The zero-order valence-corrected chi connectivity index (χ0v) is 13.5. The fourth-order valence-electron chi connectivity index (χ4n) is 2.01. The van der Waals surface area contributed by atoms with Gasteiger partial charge in [-0.15, -0.1) is 0 Å². The highest BCUT2D eigenvalue weighted by Gasteiger charge is 2.29. The second kappa shape index (κ2) is 7.08. The summed E-state index contributed by atoms with van der Waals surface area (Å²) in [5.41, 5.74) is 5.61. The Balaban J connectivity index is 2.44. The van der Waals surface area contributed by atoms with Crippen LogP contribution < -0.4 is 5.73 Å². The van der Waals surface area contributed by atoms with Crippen LogP contribution in [0, 0.1) is 5.82 Å². The zero-order valence-electron chi connectivity index (χ0n) is 11.9. The molecule has 23 heavy (non-hydrogen) atoms. The third kappa shape index (κ3) is 4.07. The van der Waals surface area contributed by atoms with E-state index in [1.807, 2.05) is 0 Å². The minimum Gasteiger partial charge on any atom is -0.369 e. The van der Waals surface area contributed by atoms with Crippen molar-refractivity contribution < 1.29 is 17.6 Å². The zero-order chi connectivity index (χ0) is 17.0. The molecule has 0 radical (unpaired) electrons. The van der Waals surface area contributed by atoms with Crippen LogP contribution in [0.1, 0.15) is 5.56 Å². The largest absolute Gasteiger partial charge is 0.369 e. The summed E-state index contributed by atoms with van der Waals surface area (Å²) in [5, 5.41) is 0.339. The maximum absolute atomic E-state index is 13.9. The Morgan fingerprint density at radius 3 is 2.35 bits per heavy atom. The lowest BCUT2D eigenvalue weighted by atomic mass is 10.2. The van der Waals surface area contributed by atoms with Crippen molar-refractivity contribution in [1.82, 2.24) is 4.31 Å². The summed E-state index contributed by atoms with van der Waals surface area (Å²) in [5.74, 6) is -1.75. The van der Waals surface area contributed by atoms with Gasteiger partial charge in [0.25, 0.3) is 0 Å². The van der Waals surface area contributed by atoms with E-state index >= 15 is 0 Å². The molecular formula is C15H14ClFN2O3S. The molecule has 2 N–H and O–H groups in total. The number of halogens is 2. The molecule has 0 aliphatic rings. The first-order valence-electron chi connectivity index (χ1n) is 6.59. The van der Waals surface area contributed by atoms with Crippen molar-refractivity contribution >= 4 is 27.5 Å². The molecule has 0 atom stereocenters. The van der Waals surface area contributed by atoms with E-state index in [1.54, 1.807) is 24.3 Å². The summed E-state index contributed by atoms with van der Waals surface area (Å²) in [6.45, 7) is -0.777. The molecular weight excluding hydrogens is 343 g/mol. The van der Waals surface area contributed by atoms with Gasteiger partial charge in [-0.1, -0.05) is 41.9 Å². The summed E-state index contributed by atoms with van der Waals surface area (Å²) in [6, 6.07) is 11.5. The molecule has 0 bridgehead atoms. The monoisotopic (exact) mass is 356 g/mol. The van der Waals surface area contributed by atoms with Gasteiger partial charge in [-0.3, -0.25) is 4.79 Å². The molecule has 0 saturated carbocycles. The Labute approximate surface area is 138 Å². The summed E-state index contributed by atoms with van der Waals surface area (Å²) < 4.78 is 39.9. The maximum atomic E-state index is 13.9. The average molecular weight is 357 g/mol. The van der Waals surface area contributed by atoms with Crippen LogP contribution in [0.2, 0.25) is 5.02 Å². The van der Waals surface area contributed by atoms with Crippen LogP contribution in [0.15, 0.2) is 53.4 Å². The molecule has 1 amide bonds. The van der Waals surface area contributed by atoms with E-state index in [0.717, 1.165) is 16.4 Å². The normalized spacial score (nSPS) is 11.6. The molecule has 8 heteroatoms. The van der Waals surface area contributed by atoms with E-state index in [-0.39, 0.29) is 6.54 Å². The number of sulfonamides is 1. The van der Waals surface area contributed by atoms with E-state index in [9.17, 15) is 17.6 Å². The smallest absolute Gasteiger partial charge is 0.246 e. The van der Waals surface area contributed by atoms with Crippen LogP contribution in [0.3, 0.4) is 0 Å². The van der Waals surface area contributed by atoms with E-state index in [4.69, 9.17) is 17.3 Å². The molecule has 0 unspecified atom stereocenters. The molecule has 0 fully saturated rings.